The van der Waals surface area contributed by atoms with Crippen molar-refractivity contribution < 1.29 is 31.4 Å². The number of alkyl halides is 3. The number of halogens is 5. The highest BCUT2D eigenvalue weighted by molar-refractivity contribution is 5.68. The highest BCUT2D eigenvalue weighted by atomic mass is 19.4. The molecule has 0 atom stereocenters. The molecular weight excluding hydrogens is 565 g/mol. The van der Waals surface area contributed by atoms with Crippen molar-refractivity contribution in [2.24, 2.45) is 0 Å². The molecule has 0 saturated heterocycles. The molecule has 0 aliphatic carbocycles. The van der Waals surface area contributed by atoms with Gasteiger partial charge in [-0.05, 0) is 111 Å². The minimum absolute atomic E-state index is 0.150. The first-order chi connectivity index (χ1) is 20.7. The first-order valence-electron chi connectivity index (χ1n) is 13.7. The summed E-state index contributed by atoms with van der Waals surface area (Å²) in [5.74, 6) is -0.337. The van der Waals surface area contributed by atoms with Crippen LogP contribution < -0.4 is 14.8 Å². The second-order valence-electron chi connectivity index (χ2n) is 9.64. The first-order valence-corrected chi connectivity index (χ1v) is 13.7. The summed E-state index contributed by atoms with van der Waals surface area (Å²) >= 11 is 0. The lowest BCUT2D eigenvalue weighted by atomic mass is 10.1. The van der Waals surface area contributed by atoms with Gasteiger partial charge in [-0.2, -0.15) is 13.2 Å². The zero-order valence-electron chi connectivity index (χ0n) is 23.2. The third-order valence-corrected chi connectivity index (χ3v) is 6.57. The minimum atomic E-state index is -4.84. The van der Waals surface area contributed by atoms with E-state index < -0.39 is 17.6 Å². The summed E-state index contributed by atoms with van der Waals surface area (Å²) in [6.07, 6.45) is -2.11. The highest BCUT2D eigenvalue weighted by Gasteiger charge is 2.34. The molecule has 0 fully saturated rings. The molecule has 43 heavy (non-hydrogen) atoms. The van der Waals surface area contributed by atoms with Gasteiger partial charge in [0.2, 0.25) is 0 Å². The van der Waals surface area contributed by atoms with Crippen LogP contribution in [0.1, 0.15) is 18.9 Å². The molecule has 10 heteroatoms. The Hall–Kier alpha value is -4.70. The summed E-state index contributed by atoms with van der Waals surface area (Å²) in [5, 5.41) is 3.26. The van der Waals surface area contributed by atoms with E-state index in [0.29, 0.717) is 35.4 Å². The number of hydrogen-bond donors (Lipinski definition) is 1. The standard InChI is InChI=1S/C33H28F5N3O2/c1-2-39-18-3-19-42-26-12-6-22(7-13-26)31-21-41(32(40-31)23-4-8-24(34)9-5-23)25-10-14-27(15-11-25)43-28-16-17-30(35)29(20-28)33(36,37)38/h4-17,20-21,39H,2-3,18-19H2,1H3. The Kier molecular flexibility index (Phi) is 9.06. The highest BCUT2D eigenvalue weighted by Crippen LogP contribution is 2.35. The Morgan fingerprint density at radius 2 is 1.44 bits per heavy atom. The molecule has 5 rings (SSSR count). The molecule has 5 aromatic rings. The summed E-state index contributed by atoms with van der Waals surface area (Å²) in [5.41, 5.74) is 1.48. The summed E-state index contributed by atoms with van der Waals surface area (Å²) in [6.45, 7) is 4.46. The van der Waals surface area contributed by atoms with Gasteiger partial charge in [0, 0.05) is 23.0 Å². The van der Waals surface area contributed by atoms with E-state index in [1.807, 2.05) is 35.0 Å². The molecular formula is C33H28F5N3O2. The average molecular weight is 594 g/mol. The largest absolute Gasteiger partial charge is 0.494 e. The van der Waals surface area contributed by atoms with E-state index >= 15 is 0 Å². The van der Waals surface area contributed by atoms with Gasteiger partial charge in [-0.3, -0.25) is 4.57 Å². The number of aromatic nitrogens is 2. The molecule has 0 aliphatic rings. The van der Waals surface area contributed by atoms with Crippen LogP contribution in [0.3, 0.4) is 0 Å². The summed E-state index contributed by atoms with van der Waals surface area (Å²) in [6, 6.07) is 22.6. The van der Waals surface area contributed by atoms with Crippen LogP contribution in [-0.2, 0) is 6.18 Å². The van der Waals surface area contributed by atoms with Crippen molar-refractivity contribution in [1.82, 2.24) is 14.9 Å². The van der Waals surface area contributed by atoms with Gasteiger partial charge in [0.1, 0.15) is 34.7 Å². The quantitative estimate of drug-likeness (QED) is 0.123. The first kappa shape index (κ1) is 29.8. The fourth-order valence-corrected chi connectivity index (χ4v) is 4.40. The molecule has 0 saturated carbocycles. The van der Waals surface area contributed by atoms with E-state index in [-0.39, 0.29) is 17.3 Å². The summed E-state index contributed by atoms with van der Waals surface area (Å²) in [7, 11) is 0. The van der Waals surface area contributed by atoms with Crippen LogP contribution in [0.25, 0.3) is 28.3 Å². The third-order valence-electron chi connectivity index (χ3n) is 6.57. The lowest BCUT2D eigenvalue weighted by Gasteiger charge is -2.12. The van der Waals surface area contributed by atoms with Crippen molar-refractivity contribution in [3.63, 3.8) is 0 Å². The van der Waals surface area contributed by atoms with Crippen LogP contribution in [-0.4, -0.2) is 29.2 Å². The van der Waals surface area contributed by atoms with Gasteiger partial charge in [-0.25, -0.2) is 13.8 Å². The van der Waals surface area contributed by atoms with Gasteiger partial charge in [0.25, 0.3) is 0 Å². The second-order valence-corrected chi connectivity index (χ2v) is 9.64. The van der Waals surface area contributed by atoms with Gasteiger partial charge in [-0.1, -0.05) is 6.92 Å². The smallest absolute Gasteiger partial charge is 0.419 e. The van der Waals surface area contributed by atoms with Gasteiger partial charge >= 0.3 is 6.18 Å². The zero-order valence-corrected chi connectivity index (χ0v) is 23.2. The fraction of sp³-hybridized carbons (Fsp3) is 0.182. The molecule has 4 aromatic carbocycles. The van der Waals surface area contributed by atoms with Crippen molar-refractivity contribution in [2.75, 3.05) is 19.7 Å². The van der Waals surface area contributed by atoms with E-state index in [2.05, 4.69) is 12.2 Å². The number of nitrogens with one attached hydrogen (secondary N) is 1. The van der Waals surface area contributed by atoms with E-state index in [1.54, 1.807) is 36.4 Å². The number of nitrogens with zero attached hydrogens (tertiary/aromatic N) is 2. The molecule has 0 radical (unpaired) electrons. The van der Waals surface area contributed by atoms with Gasteiger partial charge in [0.05, 0.1) is 17.9 Å². The zero-order chi connectivity index (χ0) is 30.4. The molecule has 0 spiro atoms. The molecule has 1 N–H and O–H groups in total. The Morgan fingerprint density at radius 1 is 0.791 bits per heavy atom. The minimum Gasteiger partial charge on any atom is -0.494 e. The Balaban J connectivity index is 1.40. The Bertz CT molecular complexity index is 1650. The molecule has 0 aliphatic heterocycles. The van der Waals surface area contributed by atoms with Crippen LogP contribution in [0.2, 0.25) is 0 Å². The van der Waals surface area contributed by atoms with Crippen LogP contribution in [0.5, 0.6) is 17.2 Å². The van der Waals surface area contributed by atoms with Crippen molar-refractivity contribution in [1.29, 1.82) is 0 Å². The molecule has 222 valence electrons. The molecule has 0 unspecified atom stereocenters. The molecule has 1 aromatic heterocycles. The van der Waals surface area contributed by atoms with Crippen molar-refractivity contribution in [3.05, 3.63) is 114 Å². The lowest BCUT2D eigenvalue weighted by molar-refractivity contribution is -0.140. The Labute approximate surface area is 245 Å². The maximum atomic E-state index is 13.7. The molecule has 5 nitrogen and oxygen atoms in total. The SMILES string of the molecule is CCNCCCOc1ccc(-c2cn(-c3ccc(Oc4ccc(F)c(C(F)(F)F)c4)cc3)c(-c3ccc(F)cc3)n2)cc1. The van der Waals surface area contributed by atoms with Crippen LogP contribution >= 0.6 is 0 Å². The fourth-order valence-electron chi connectivity index (χ4n) is 4.40. The number of hydrogen-bond acceptors (Lipinski definition) is 4. The maximum Gasteiger partial charge on any atom is 0.419 e. The second kappa shape index (κ2) is 13.1. The third kappa shape index (κ3) is 7.39. The predicted molar refractivity (Wildman–Crippen MR) is 155 cm³/mol. The van der Waals surface area contributed by atoms with Crippen molar-refractivity contribution >= 4 is 0 Å². The van der Waals surface area contributed by atoms with E-state index in [4.69, 9.17) is 14.5 Å². The van der Waals surface area contributed by atoms with Gasteiger partial charge in [0.15, 0.2) is 0 Å². The average Bonchev–Trinajstić information content (AvgIpc) is 3.44. The lowest BCUT2D eigenvalue weighted by Crippen LogP contribution is -2.16. The number of benzene rings is 4. The summed E-state index contributed by atoms with van der Waals surface area (Å²) < 4.78 is 79.9. The number of rotatable bonds is 11. The topological polar surface area (TPSA) is 48.3 Å². The van der Waals surface area contributed by atoms with Gasteiger partial charge in [-0.15, -0.1) is 0 Å². The predicted octanol–water partition coefficient (Wildman–Crippen LogP) is 8.67. The van der Waals surface area contributed by atoms with Crippen LogP contribution in [0.4, 0.5) is 22.0 Å². The molecule has 1 heterocycles. The summed E-state index contributed by atoms with van der Waals surface area (Å²) in [4.78, 5) is 4.83. The van der Waals surface area contributed by atoms with Gasteiger partial charge < -0.3 is 14.8 Å². The number of imidazole rings is 1. The maximum absolute atomic E-state index is 13.7. The normalized spacial score (nSPS) is 11.5. The molecule has 0 bridgehead atoms. The van der Waals surface area contributed by atoms with Crippen molar-refractivity contribution in [3.8, 4) is 45.6 Å². The monoisotopic (exact) mass is 593 g/mol. The van der Waals surface area contributed by atoms with Crippen molar-refractivity contribution in [2.45, 2.75) is 19.5 Å². The van der Waals surface area contributed by atoms with E-state index in [0.717, 1.165) is 43.0 Å². The van der Waals surface area contributed by atoms with Crippen LogP contribution in [0, 0.1) is 11.6 Å². The number of ether oxygens (including phenoxy) is 2. The van der Waals surface area contributed by atoms with E-state index in [1.165, 1.54) is 12.1 Å². The molecule has 0 amide bonds. The van der Waals surface area contributed by atoms with E-state index in [9.17, 15) is 22.0 Å². The van der Waals surface area contributed by atoms with Crippen LogP contribution in [0.15, 0.2) is 97.2 Å². The Morgan fingerprint density at radius 3 is 2.12 bits per heavy atom.